The van der Waals surface area contributed by atoms with E-state index in [4.69, 9.17) is 14.2 Å². The highest BCUT2D eigenvalue weighted by Gasteiger charge is 2.15. The fraction of sp³-hybridized carbons (Fsp3) is 0.208. The fourth-order valence-electron chi connectivity index (χ4n) is 3.00. The van der Waals surface area contributed by atoms with E-state index in [0.29, 0.717) is 29.2 Å². The zero-order valence-electron chi connectivity index (χ0n) is 18.5. The maximum atomic E-state index is 12.8. The molecule has 0 aliphatic carbocycles. The highest BCUT2D eigenvalue weighted by atomic mass is 32.2. The van der Waals surface area contributed by atoms with E-state index in [1.807, 2.05) is 31.2 Å². The lowest BCUT2D eigenvalue weighted by atomic mass is 10.0. The van der Waals surface area contributed by atoms with Gasteiger partial charge in [0, 0.05) is 18.1 Å². The van der Waals surface area contributed by atoms with Gasteiger partial charge in [-0.15, -0.1) is 0 Å². The van der Waals surface area contributed by atoms with Crippen LogP contribution in [0.3, 0.4) is 0 Å². The van der Waals surface area contributed by atoms with Crippen LogP contribution in [0.25, 0.3) is 0 Å². The maximum Gasteiger partial charge on any atom is 0.276 e. The molecule has 0 unspecified atom stereocenters. The second-order valence-electron chi connectivity index (χ2n) is 7.09. The van der Waals surface area contributed by atoms with Gasteiger partial charge < -0.3 is 14.2 Å². The number of sulfonamides is 1. The molecule has 32 heavy (non-hydrogen) atoms. The van der Waals surface area contributed by atoms with E-state index in [9.17, 15) is 8.42 Å². The summed E-state index contributed by atoms with van der Waals surface area (Å²) in [5, 5.41) is 4.29. The third-order valence-corrected chi connectivity index (χ3v) is 6.07. The molecule has 3 aromatic rings. The van der Waals surface area contributed by atoms with Gasteiger partial charge in [-0.05, 0) is 48.9 Å². The number of methoxy groups -OCH3 is 3. The normalized spacial score (nSPS) is 11.7. The van der Waals surface area contributed by atoms with Crippen LogP contribution >= 0.6 is 0 Å². The van der Waals surface area contributed by atoms with E-state index in [2.05, 4.69) is 9.93 Å². The first kappa shape index (κ1) is 23.1. The van der Waals surface area contributed by atoms with Crippen molar-refractivity contribution in [3.8, 4) is 17.2 Å². The molecule has 0 aromatic heterocycles. The summed E-state index contributed by atoms with van der Waals surface area (Å²) in [6, 6.07) is 19.4. The van der Waals surface area contributed by atoms with Crippen molar-refractivity contribution >= 4 is 15.7 Å². The molecule has 7 nitrogen and oxygen atoms in total. The van der Waals surface area contributed by atoms with Crippen molar-refractivity contribution in [3.63, 3.8) is 0 Å². The molecule has 3 aromatic carbocycles. The molecule has 0 amide bonds. The largest absolute Gasteiger partial charge is 0.497 e. The summed E-state index contributed by atoms with van der Waals surface area (Å²) in [5.41, 5.74) is 3.07. The van der Waals surface area contributed by atoms with Gasteiger partial charge in [0.05, 0.1) is 31.9 Å². The lowest BCUT2D eigenvalue weighted by Gasteiger charge is -2.12. The molecule has 0 fully saturated rings. The highest BCUT2D eigenvalue weighted by molar-refractivity contribution is 7.89. The Hall–Kier alpha value is -3.52. The zero-order chi connectivity index (χ0) is 23.1. The van der Waals surface area contributed by atoms with E-state index >= 15 is 0 Å². The molecule has 0 saturated carbocycles. The maximum absolute atomic E-state index is 12.8. The smallest absolute Gasteiger partial charge is 0.276 e. The quantitative estimate of drug-likeness (QED) is 0.391. The van der Waals surface area contributed by atoms with Crippen molar-refractivity contribution in [1.29, 1.82) is 0 Å². The standard InChI is InChI=1S/C24H26N2O5S/c1-17-5-11-23(12-6-17)32(27,28)26-25-24(13-18-7-9-20(29-2)10-8-18)19-14-21(30-3)16-22(15-19)31-4/h5-12,14-16,26H,13H2,1-4H3/b25-24-. The molecule has 0 heterocycles. The molecule has 0 radical (unpaired) electrons. The van der Waals surface area contributed by atoms with Gasteiger partial charge in [-0.3, -0.25) is 0 Å². The van der Waals surface area contributed by atoms with E-state index < -0.39 is 10.0 Å². The summed E-state index contributed by atoms with van der Waals surface area (Å²) in [6.07, 6.45) is 0.372. The van der Waals surface area contributed by atoms with Crippen LogP contribution < -0.4 is 19.0 Å². The molecule has 168 valence electrons. The molecule has 0 spiro atoms. The predicted octanol–water partition coefficient (Wildman–Crippen LogP) is 3.95. The van der Waals surface area contributed by atoms with Crippen molar-refractivity contribution in [1.82, 2.24) is 4.83 Å². The first-order chi connectivity index (χ1) is 15.3. The second-order valence-corrected chi connectivity index (χ2v) is 8.75. The van der Waals surface area contributed by atoms with Gasteiger partial charge in [-0.25, -0.2) is 0 Å². The summed E-state index contributed by atoms with van der Waals surface area (Å²) < 4.78 is 41.5. The Morgan fingerprint density at radius 2 is 1.38 bits per heavy atom. The Morgan fingerprint density at radius 1 is 0.812 bits per heavy atom. The van der Waals surface area contributed by atoms with Crippen LogP contribution in [0.15, 0.2) is 76.7 Å². The van der Waals surface area contributed by atoms with E-state index in [1.165, 1.54) is 0 Å². The first-order valence-electron chi connectivity index (χ1n) is 9.86. The topological polar surface area (TPSA) is 86.2 Å². The number of rotatable bonds is 9. The lowest BCUT2D eigenvalue weighted by molar-refractivity contribution is 0.394. The average molecular weight is 455 g/mol. The molecule has 0 aliphatic heterocycles. The van der Waals surface area contributed by atoms with E-state index in [-0.39, 0.29) is 4.90 Å². The third-order valence-electron chi connectivity index (χ3n) is 4.85. The zero-order valence-corrected chi connectivity index (χ0v) is 19.3. The second kappa shape index (κ2) is 10.2. The molecule has 8 heteroatoms. The van der Waals surface area contributed by atoms with Crippen molar-refractivity contribution in [3.05, 3.63) is 83.4 Å². The molecular weight excluding hydrogens is 428 g/mol. The first-order valence-corrected chi connectivity index (χ1v) is 11.3. The van der Waals surface area contributed by atoms with Gasteiger partial charge in [0.2, 0.25) is 0 Å². The highest BCUT2D eigenvalue weighted by Crippen LogP contribution is 2.24. The monoisotopic (exact) mass is 454 g/mol. The molecule has 0 atom stereocenters. The van der Waals surface area contributed by atoms with Gasteiger partial charge in [-0.1, -0.05) is 29.8 Å². The molecular formula is C24H26N2O5S. The molecule has 1 N–H and O–H groups in total. The number of hydrogen-bond donors (Lipinski definition) is 1. The van der Waals surface area contributed by atoms with Crippen LogP contribution in [0.2, 0.25) is 0 Å². The van der Waals surface area contributed by atoms with Crippen LogP contribution in [-0.2, 0) is 16.4 Å². The van der Waals surface area contributed by atoms with Crippen molar-refractivity contribution < 1.29 is 22.6 Å². The summed E-state index contributed by atoms with van der Waals surface area (Å²) in [6.45, 7) is 1.89. The number of benzene rings is 3. The van der Waals surface area contributed by atoms with Gasteiger partial charge >= 0.3 is 0 Å². The van der Waals surface area contributed by atoms with Crippen molar-refractivity contribution in [2.45, 2.75) is 18.2 Å². The lowest BCUT2D eigenvalue weighted by Crippen LogP contribution is -2.21. The predicted molar refractivity (Wildman–Crippen MR) is 124 cm³/mol. The third kappa shape index (κ3) is 5.79. The van der Waals surface area contributed by atoms with Gasteiger partial charge in [0.1, 0.15) is 17.2 Å². The number of nitrogens with one attached hydrogen (secondary N) is 1. The Balaban J connectivity index is 2.00. The van der Waals surface area contributed by atoms with E-state index in [1.54, 1.807) is 63.8 Å². The minimum atomic E-state index is -3.83. The number of nitrogens with zero attached hydrogens (tertiary/aromatic N) is 1. The molecule has 0 aliphatic rings. The van der Waals surface area contributed by atoms with Crippen LogP contribution in [0.4, 0.5) is 0 Å². The fourth-order valence-corrected chi connectivity index (χ4v) is 3.83. The minimum absolute atomic E-state index is 0.138. The summed E-state index contributed by atoms with van der Waals surface area (Å²) >= 11 is 0. The number of hydrazone groups is 1. The van der Waals surface area contributed by atoms with Crippen LogP contribution in [0.5, 0.6) is 17.2 Å². The molecule has 3 rings (SSSR count). The number of hydrogen-bond acceptors (Lipinski definition) is 6. The van der Waals surface area contributed by atoms with Crippen LogP contribution in [0, 0.1) is 6.92 Å². The average Bonchev–Trinajstić information content (AvgIpc) is 2.82. The molecule has 0 saturated heterocycles. The number of aryl methyl sites for hydroxylation is 1. The van der Waals surface area contributed by atoms with Crippen LogP contribution in [-0.4, -0.2) is 35.5 Å². The molecule has 0 bridgehead atoms. The SMILES string of the molecule is COc1ccc(C/C(=N/NS(=O)(=O)c2ccc(C)cc2)c2cc(OC)cc(OC)c2)cc1. The Morgan fingerprint density at radius 3 is 1.91 bits per heavy atom. The van der Waals surface area contributed by atoms with Crippen molar-refractivity contribution in [2.75, 3.05) is 21.3 Å². The van der Waals surface area contributed by atoms with Crippen LogP contribution in [0.1, 0.15) is 16.7 Å². The van der Waals surface area contributed by atoms with Gasteiger partial charge in [0.25, 0.3) is 10.0 Å². The number of ether oxygens (including phenoxy) is 3. The Kier molecular flexibility index (Phi) is 7.37. The Bertz CT molecular complexity index is 1170. The summed E-state index contributed by atoms with van der Waals surface area (Å²) in [4.78, 5) is 2.50. The van der Waals surface area contributed by atoms with Crippen molar-refractivity contribution in [2.24, 2.45) is 5.10 Å². The summed E-state index contributed by atoms with van der Waals surface area (Å²) in [5.74, 6) is 1.88. The van der Waals surface area contributed by atoms with E-state index in [0.717, 1.165) is 16.9 Å². The Labute approximate surface area is 188 Å². The van der Waals surface area contributed by atoms with Gasteiger partial charge in [-0.2, -0.15) is 18.4 Å². The minimum Gasteiger partial charge on any atom is -0.497 e. The summed E-state index contributed by atoms with van der Waals surface area (Å²) in [7, 11) is 0.876. The van der Waals surface area contributed by atoms with Gasteiger partial charge in [0.15, 0.2) is 0 Å².